The van der Waals surface area contributed by atoms with Gasteiger partial charge in [0.2, 0.25) is 29.6 Å². The highest BCUT2D eigenvalue weighted by Crippen LogP contribution is 2.13. The van der Waals surface area contributed by atoms with Gasteiger partial charge in [-0.05, 0) is 12.8 Å². The second kappa shape index (κ2) is 30.9. The molecule has 29 nitrogen and oxygen atoms in total. The van der Waals surface area contributed by atoms with Gasteiger partial charge in [0.1, 0.15) is 38.6 Å². The molecule has 4 rings (SSSR count). The molecule has 69 heavy (non-hydrogen) atoms. The maximum atomic E-state index is 12.4. The van der Waals surface area contributed by atoms with Crippen molar-refractivity contribution in [3.8, 4) is 0 Å². The molecule has 0 unspecified atom stereocenters. The maximum Gasteiger partial charge on any atom is 0.490 e. The zero-order valence-corrected chi connectivity index (χ0v) is 38.4. The molecular formula is C35H54ClF3N16O13S. The van der Waals surface area contributed by atoms with Crippen molar-refractivity contribution >= 4 is 99.2 Å². The monoisotopic (exact) mass is 1030 g/mol. The number of aromatic nitrogens is 8. The van der Waals surface area contributed by atoms with Crippen LogP contribution in [-0.4, -0.2) is 148 Å². The fraction of sp³-hybridized carbons (Fsp3) is 0.514. The van der Waals surface area contributed by atoms with E-state index in [4.69, 9.17) is 69.1 Å². The summed E-state index contributed by atoms with van der Waals surface area (Å²) >= 11 is 6.48. The van der Waals surface area contributed by atoms with Crippen molar-refractivity contribution in [2.75, 3.05) is 61.8 Å². The van der Waals surface area contributed by atoms with Crippen molar-refractivity contribution in [1.29, 1.82) is 0 Å². The number of carbonyl (C=O) groups excluding carboxylic acids is 5. The molecule has 0 aromatic carbocycles. The van der Waals surface area contributed by atoms with E-state index in [1.807, 2.05) is 0 Å². The summed E-state index contributed by atoms with van der Waals surface area (Å²) in [7, 11) is 0. The van der Waals surface area contributed by atoms with Gasteiger partial charge in [0.15, 0.2) is 28.3 Å². The normalized spacial score (nSPS) is 11.6. The molecule has 0 bridgehead atoms. The molecule has 0 fully saturated rings. The van der Waals surface area contributed by atoms with E-state index in [1.54, 1.807) is 13.8 Å². The molecule has 3 amide bonds. The number of hydrogen-bond acceptors (Lipinski definition) is 20. The number of thioether (sulfide) groups is 1. The number of carbonyl (C=O) groups is 6. The number of alkyl halides is 4. The Labute approximate surface area is 398 Å². The number of amides is 3. The van der Waals surface area contributed by atoms with Crippen molar-refractivity contribution in [3.63, 3.8) is 0 Å². The molecule has 4 aromatic rings. The highest BCUT2D eigenvalue weighted by Gasteiger charge is 2.38. The number of carboxylic acid groups (broad SMARTS) is 1. The summed E-state index contributed by atoms with van der Waals surface area (Å²) in [5.74, 6) is -5.38. The Morgan fingerprint density at radius 1 is 0.884 bits per heavy atom. The van der Waals surface area contributed by atoms with Gasteiger partial charge in [-0.2, -0.15) is 23.1 Å². The summed E-state index contributed by atoms with van der Waals surface area (Å²) in [6.45, 7) is 4.24. The lowest BCUT2D eigenvalue weighted by atomic mass is 10.1. The summed E-state index contributed by atoms with van der Waals surface area (Å²) in [6.07, 6.45) is -1.07. The smallest absolute Gasteiger partial charge is 0.475 e. The fourth-order valence-corrected chi connectivity index (χ4v) is 5.41. The van der Waals surface area contributed by atoms with Gasteiger partial charge in [0, 0.05) is 26.1 Å². The summed E-state index contributed by atoms with van der Waals surface area (Å²) < 4.78 is 55.3. The van der Waals surface area contributed by atoms with Crippen LogP contribution in [0.2, 0.25) is 0 Å². The Kier molecular flexibility index (Phi) is 26.8. The molecule has 0 radical (unpaired) electrons. The summed E-state index contributed by atoms with van der Waals surface area (Å²) in [4.78, 5) is 113. The van der Waals surface area contributed by atoms with Crippen LogP contribution < -0.4 is 50.8 Å². The number of fused-ring (bicyclic) bond motifs is 2. The van der Waals surface area contributed by atoms with Gasteiger partial charge in [0.05, 0.1) is 31.6 Å². The van der Waals surface area contributed by atoms with Crippen LogP contribution in [0, 0.1) is 5.92 Å². The van der Waals surface area contributed by atoms with Crippen LogP contribution >= 0.6 is 23.4 Å². The molecule has 16 N–H and O–H groups in total. The van der Waals surface area contributed by atoms with Crippen molar-refractivity contribution in [3.05, 3.63) is 33.4 Å². The number of primary amides is 2. The van der Waals surface area contributed by atoms with E-state index in [1.165, 1.54) is 33.6 Å². The van der Waals surface area contributed by atoms with E-state index in [-0.39, 0.29) is 99.3 Å². The van der Waals surface area contributed by atoms with Crippen LogP contribution in [-0.2, 0) is 61.2 Å². The molecule has 0 saturated carbocycles. The van der Waals surface area contributed by atoms with E-state index in [0.29, 0.717) is 37.2 Å². The number of hydrogen-bond donors (Lipinski definition) is 10. The van der Waals surface area contributed by atoms with Gasteiger partial charge in [-0.1, -0.05) is 13.8 Å². The fourth-order valence-electron chi connectivity index (χ4n) is 4.46. The van der Waals surface area contributed by atoms with Gasteiger partial charge in [-0.15, -0.1) is 23.4 Å². The topological polar surface area (TPSA) is 467 Å². The van der Waals surface area contributed by atoms with Gasteiger partial charge >= 0.3 is 24.1 Å². The lowest BCUT2D eigenvalue weighted by molar-refractivity contribution is -0.192. The van der Waals surface area contributed by atoms with Crippen LogP contribution in [0.3, 0.4) is 0 Å². The first-order chi connectivity index (χ1) is 32.4. The van der Waals surface area contributed by atoms with Gasteiger partial charge in [-0.3, -0.25) is 57.7 Å². The molecular weight excluding hydrogens is 977 g/mol. The number of rotatable bonds is 23. The summed E-state index contributed by atoms with van der Waals surface area (Å²) in [5.41, 5.74) is 31.6. The highest BCUT2D eigenvalue weighted by molar-refractivity contribution is 7.99. The van der Waals surface area contributed by atoms with Crippen LogP contribution in [0.25, 0.3) is 22.3 Å². The minimum atomic E-state index is -5.08. The number of nitrogen functional groups attached to an aromatic ring is 2. The molecule has 0 aliphatic heterocycles. The summed E-state index contributed by atoms with van der Waals surface area (Å²) in [6, 6.07) is -0.840. The predicted molar refractivity (Wildman–Crippen MR) is 242 cm³/mol. The number of aliphatic carboxylic acids is 1. The number of H-pyrrole nitrogens is 2. The minimum Gasteiger partial charge on any atom is -0.475 e. The Hall–Kier alpha value is -7.26. The van der Waals surface area contributed by atoms with Crippen LogP contribution in [0.5, 0.6) is 0 Å². The molecule has 0 aliphatic carbocycles. The first-order valence-electron chi connectivity index (χ1n) is 19.7. The molecule has 4 heterocycles. The molecule has 386 valence electrons. The number of esters is 2. The first-order valence-corrected chi connectivity index (χ1v) is 21.4. The number of aliphatic imine (C=N–C) groups is 1. The molecule has 0 spiro atoms. The van der Waals surface area contributed by atoms with Gasteiger partial charge in [0.25, 0.3) is 11.1 Å². The second-order valence-corrected chi connectivity index (χ2v) is 14.6. The van der Waals surface area contributed by atoms with Crippen molar-refractivity contribution in [2.24, 2.45) is 33.8 Å². The number of nitrogens with one attached hydrogen (secondary N) is 3. The zero-order valence-electron chi connectivity index (χ0n) is 36.9. The predicted octanol–water partition coefficient (Wildman–Crippen LogP) is -2.17. The van der Waals surface area contributed by atoms with Crippen molar-refractivity contribution < 1.29 is 67.4 Å². The molecule has 0 aliphatic rings. The quantitative estimate of drug-likeness (QED) is 0.0124. The number of nitrogens with zero attached hydrogens (tertiary/aromatic N) is 7. The Morgan fingerprint density at radius 3 is 1.75 bits per heavy atom. The largest absolute Gasteiger partial charge is 0.490 e. The molecule has 2 atom stereocenters. The Bertz CT molecular complexity index is 2470. The lowest BCUT2D eigenvalue weighted by Crippen LogP contribution is -2.46. The summed E-state index contributed by atoms with van der Waals surface area (Å²) in [5, 5.41) is 9.74. The van der Waals surface area contributed by atoms with E-state index in [9.17, 15) is 46.7 Å². The Balaban J connectivity index is 0.00000119. The standard InChI is InChI=1S/C20H32N10O6S.C10H12ClN5O4.C3H7NO.C2HF3O2.H2/c1-11(17(33)27-12(15(21)32)3-2-4-25-19(22)23)7-37-8-13(31)36-6-5-35-10-30-9-26-14-16(30)28-20(24)29-18(14)34;11-3-6(17)20-2-1-19-5-16-4-13-7-8(16)14-10(12)15-9(7)18;1-2-3(4)5;3-2(4,5)1(6)7;/h9,11-12H,2-8,10H2,1H3,(H2,21,32)(H,27,33)(H4,22,23,25)(H3,24,28,29,34);4H,1-3,5H2,(H3,12,14,15,18);2H2,1H3,(H2,4,5);(H,6,7);1H/t11-,12+;;;;/m0..../s1. The van der Waals surface area contributed by atoms with Gasteiger partial charge in [-0.25, -0.2) is 14.8 Å². The second-order valence-electron chi connectivity index (χ2n) is 13.3. The van der Waals surface area contributed by atoms with Crippen LogP contribution in [0.15, 0.2) is 27.2 Å². The third-order valence-corrected chi connectivity index (χ3v) is 9.16. The van der Waals surface area contributed by atoms with Gasteiger partial charge < -0.3 is 63.8 Å². The number of halogens is 4. The molecule has 34 heteroatoms. The number of anilines is 2. The number of imidazole rings is 2. The van der Waals surface area contributed by atoms with Crippen LogP contribution in [0.1, 0.15) is 34.5 Å². The maximum absolute atomic E-state index is 12.4. The number of guanidine groups is 1. The van der Waals surface area contributed by atoms with E-state index in [0.717, 1.165) is 0 Å². The first kappa shape index (κ1) is 59.8. The average Bonchev–Trinajstić information content (AvgIpc) is 3.88. The zero-order chi connectivity index (χ0) is 52.3. The lowest BCUT2D eigenvalue weighted by Gasteiger charge is -2.18. The number of carboxylic acids is 1. The third kappa shape index (κ3) is 23.9. The SMILES string of the molecule is CCC(N)=O.C[C@@H](CSCC(=O)OCCOCn1cnc2c(=O)[nH]c(N)nc21)C(=O)N[C@H](CCCN=C(N)N)C(N)=O.Nc1nc2c(ncn2COCCOC(=O)CCl)c(=O)[nH]1.O=C(O)C(F)(F)F.[HH]. The minimum absolute atomic E-state index is 0. The van der Waals surface area contributed by atoms with E-state index < -0.39 is 53.1 Å². The third-order valence-electron chi connectivity index (χ3n) is 7.77. The Morgan fingerprint density at radius 2 is 1.35 bits per heavy atom. The number of ether oxygens (including phenoxy) is 4. The van der Waals surface area contributed by atoms with Crippen molar-refractivity contribution in [2.45, 2.75) is 58.8 Å². The van der Waals surface area contributed by atoms with Crippen molar-refractivity contribution in [1.82, 2.24) is 44.4 Å². The van der Waals surface area contributed by atoms with Crippen LogP contribution in [0.4, 0.5) is 25.1 Å². The molecule has 0 saturated heterocycles. The average molecular weight is 1030 g/mol. The number of nitrogens with two attached hydrogens (primary N) is 6. The molecule has 4 aromatic heterocycles. The van der Waals surface area contributed by atoms with E-state index >= 15 is 0 Å². The number of aromatic amines is 2. The highest BCUT2D eigenvalue weighted by atomic mass is 35.5. The van der Waals surface area contributed by atoms with E-state index in [2.05, 4.69) is 45.9 Å².